The van der Waals surface area contributed by atoms with Gasteiger partial charge >= 0.3 is 0 Å². The maximum Gasteiger partial charge on any atom is 0.287 e. The van der Waals surface area contributed by atoms with Crippen molar-refractivity contribution in [2.45, 2.75) is 57.5 Å². The lowest BCUT2D eigenvalue weighted by Gasteiger charge is -2.56. The lowest BCUT2D eigenvalue weighted by Crippen LogP contribution is -2.60. The molecule has 1 aromatic carbocycles. The van der Waals surface area contributed by atoms with Gasteiger partial charge in [0.2, 0.25) is 0 Å². The Morgan fingerprint density at radius 3 is 2.43 bits per heavy atom. The highest BCUT2D eigenvalue weighted by atomic mass is 16.5. The first kappa shape index (κ1) is 20.0. The monoisotopic (exact) mass is 411 g/mol. The average molecular weight is 412 g/mol. The van der Waals surface area contributed by atoms with E-state index in [0.29, 0.717) is 38.8 Å². The van der Waals surface area contributed by atoms with Crippen molar-refractivity contribution in [1.82, 2.24) is 14.9 Å². The molecule has 4 bridgehead atoms. The standard InChI is InChI=1S/C24H33N3O3/c1-2-29-9-10-30-8-7-27-21-6-4-3-5-20(21)25-22(27)23(28)26-24-14-17-11-18(15-24)13-19(12-17)16-24/h3-6,17-19H,2,7-16H2,1H3,(H,26,28). The predicted molar refractivity (Wildman–Crippen MR) is 115 cm³/mol. The predicted octanol–water partition coefficient (Wildman–Crippen LogP) is 3.79. The molecule has 2 aromatic rings. The number of benzene rings is 1. The minimum atomic E-state index is -0.0255. The first-order valence-electron chi connectivity index (χ1n) is 11.6. The second-order valence-corrected chi connectivity index (χ2v) is 9.54. The van der Waals surface area contributed by atoms with E-state index >= 15 is 0 Å². The van der Waals surface area contributed by atoms with Crippen LogP contribution in [0, 0.1) is 17.8 Å². The van der Waals surface area contributed by atoms with Gasteiger partial charge in [0.25, 0.3) is 5.91 Å². The summed E-state index contributed by atoms with van der Waals surface area (Å²) in [6.45, 7) is 4.98. The molecular formula is C24H33N3O3. The van der Waals surface area contributed by atoms with Crippen molar-refractivity contribution in [3.63, 3.8) is 0 Å². The quantitative estimate of drug-likeness (QED) is 0.638. The van der Waals surface area contributed by atoms with Crippen LogP contribution in [0.2, 0.25) is 0 Å². The van der Waals surface area contributed by atoms with Crippen molar-refractivity contribution in [1.29, 1.82) is 0 Å². The van der Waals surface area contributed by atoms with E-state index in [-0.39, 0.29) is 11.4 Å². The van der Waals surface area contributed by atoms with Gasteiger partial charge in [-0.3, -0.25) is 4.79 Å². The Hall–Kier alpha value is -1.92. The Morgan fingerprint density at radius 1 is 1.07 bits per heavy atom. The lowest BCUT2D eigenvalue weighted by atomic mass is 9.53. The number of hydrogen-bond donors (Lipinski definition) is 1. The topological polar surface area (TPSA) is 65.4 Å². The first-order valence-corrected chi connectivity index (χ1v) is 11.6. The number of para-hydroxylation sites is 2. The highest BCUT2D eigenvalue weighted by molar-refractivity contribution is 5.95. The van der Waals surface area contributed by atoms with E-state index in [9.17, 15) is 4.79 Å². The van der Waals surface area contributed by atoms with Crippen LogP contribution in [0.3, 0.4) is 0 Å². The minimum absolute atomic E-state index is 0.0111. The molecule has 0 unspecified atom stereocenters. The zero-order valence-electron chi connectivity index (χ0n) is 17.9. The fourth-order valence-corrected chi connectivity index (χ4v) is 6.56. The third kappa shape index (κ3) is 3.87. The SMILES string of the molecule is CCOCCOCCn1c(C(=O)NC23CC4CC(CC(C4)C2)C3)nc2ccccc21. The second kappa shape index (κ2) is 8.31. The molecule has 4 aliphatic carbocycles. The lowest BCUT2D eigenvalue weighted by molar-refractivity contribution is -0.0169. The number of nitrogens with one attached hydrogen (secondary N) is 1. The van der Waals surface area contributed by atoms with Gasteiger partial charge in [-0.05, 0) is 75.3 Å². The van der Waals surface area contributed by atoms with Crippen LogP contribution >= 0.6 is 0 Å². The zero-order chi connectivity index (χ0) is 20.6. The van der Waals surface area contributed by atoms with Gasteiger partial charge in [-0.25, -0.2) is 4.98 Å². The van der Waals surface area contributed by atoms with E-state index in [1.165, 1.54) is 19.3 Å². The smallest absolute Gasteiger partial charge is 0.287 e. The Morgan fingerprint density at radius 2 is 1.73 bits per heavy atom. The van der Waals surface area contributed by atoms with Gasteiger partial charge in [0.05, 0.1) is 30.9 Å². The molecule has 4 saturated carbocycles. The number of rotatable bonds is 9. The molecule has 30 heavy (non-hydrogen) atoms. The maximum atomic E-state index is 13.4. The van der Waals surface area contributed by atoms with Crippen LogP contribution in [-0.2, 0) is 16.0 Å². The third-order valence-corrected chi connectivity index (χ3v) is 7.31. The largest absolute Gasteiger partial charge is 0.379 e. The molecule has 6 heteroatoms. The molecule has 1 amide bonds. The normalized spacial score (nSPS) is 29.6. The van der Waals surface area contributed by atoms with Crippen LogP contribution in [0.15, 0.2) is 24.3 Å². The van der Waals surface area contributed by atoms with Gasteiger partial charge in [-0.2, -0.15) is 0 Å². The number of imidazole rings is 1. The molecule has 1 heterocycles. The number of amides is 1. The molecule has 0 radical (unpaired) electrons. The molecule has 0 atom stereocenters. The molecular weight excluding hydrogens is 378 g/mol. The van der Waals surface area contributed by atoms with Crippen LogP contribution in [0.25, 0.3) is 11.0 Å². The number of nitrogens with zero attached hydrogens (tertiary/aromatic N) is 2. The van der Waals surface area contributed by atoms with Gasteiger partial charge in [0.15, 0.2) is 5.82 Å². The number of fused-ring (bicyclic) bond motifs is 1. The van der Waals surface area contributed by atoms with E-state index < -0.39 is 0 Å². The summed E-state index contributed by atoms with van der Waals surface area (Å²) >= 11 is 0. The fourth-order valence-electron chi connectivity index (χ4n) is 6.56. The highest BCUT2D eigenvalue weighted by Gasteiger charge is 2.51. The zero-order valence-corrected chi connectivity index (χ0v) is 17.9. The molecule has 162 valence electrons. The van der Waals surface area contributed by atoms with Gasteiger partial charge in [-0.15, -0.1) is 0 Å². The Labute approximate surface area is 178 Å². The van der Waals surface area contributed by atoms with E-state index in [4.69, 9.17) is 14.5 Å². The molecule has 0 saturated heterocycles. The molecule has 0 aliphatic heterocycles. The van der Waals surface area contributed by atoms with E-state index in [1.807, 2.05) is 35.8 Å². The number of aromatic nitrogens is 2. The van der Waals surface area contributed by atoms with Gasteiger partial charge < -0.3 is 19.4 Å². The molecule has 0 spiro atoms. The van der Waals surface area contributed by atoms with Gasteiger partial charge in [-0.1, -0.05) is 12.1 Å². The average Bonchev–Trinajstić information content (AvgIpc) is 3.08. The van der Waals surface area contributed by atoms with Crippen molar-refractivity contribution in [2.24, 2.45) is 17.8 Å². The number of hydrogen-bond acceptors (Lipinski definition) is 4. The van der Waals surface area contributed by atoms with Crippen molar-refractivity contribution in [3.05, 3.63) is 30.1 Å². The summed E-state index contributed by atoms with van der Waals surface area (Å²) in [6, 6.07) is 7.98. The van der Waals surface area contributed by atoms with Crippen LogP contribution in [0.1, 0.15) is 56.1 Å². The summed E-state index contributed by atoms with van der Waals surface area (Å²) in [6.07, 6.45) is 7.54. The highest BCUT2D eigenvalue weighted by Crippen LogP contribution is 2.55. The molecule has 6 rings (SSSR count). The van der Waals surface area contributed by atoms with E-state index in [1.54, 1.807) is 0 Å². The molecule has 6 nitrogen and oxygen atoms in total. The van der Waals surface area contributed by atoms with Crippen LogP contribution in [0.5, 0.6) is 0 Å². The first-order chi connectivity index (χ1) is 14.7. The van der Waals surface area contributed by atoms with Crippen LogP contribution < -0.4 is 5.32 Å². The van der Waals surface area contributed by atoms with Crippen LogP contribution in [-0.4, -0.2) is 47.4 Å². The third-order valence-electron chi connectivity index (χ3n) is 7.31. The van der Waals surface area contributed by atoms with Crippen LogP contribution in [0.4, 0.5) is 0 Å². The molecule has 1 N–H and O–H groups in total. The Kier molecular flexibility index (Phi) is 5.54. The van der Waals surface area contributed by atoms with E-state index in [0.717, 1.165) is 48.0 Å². The van der Waals surface area contributed by atoms with E-state index in [2.05, 4.69) is 5.32 Å². The summed E-state index contributed by atoms with van der Waals surface area (Å²) in [4.78, 5) is 18.1. The number of ether oxygens (including phenoxy) is 2. The van der Waals surface area contributed by atoms with Crippen molar-refractivity contribution in [2.75, 3.05) is 26.4 Å². The number of carbonyl (C=O) groups excluding carboxylic acids is 1. The van der Waals surface area contributed by atoms with Crippen molar-refractivity contribution in [3.8, 4) is 0 Å². The maximum absolute atomic E-state index is 13.4. The Balaban J connectivity index is 1.32. The van der Waals surface area contributed by atoms with Crippen molar-refractivity contribution < 1.29 is 14.3 Å². The summed E-state index contributed by atoms with van der Waals surface area (Å²) in [5, 5.41) is 3.48. The minimum Gasteiger partial charge on any atom is -0.379 e. The van der Waals surface area contributed by atoms with Gasteiger partial charge in [0, 0.05) is 18.7 Å². The summed E-state index contributed by atoms with van der Waals surface area (Å²) in [5.74, 6) is 2.89. The number of carbonyl (C=O) groups is 1. The van der Waals surface area contributed by atoms with Gasteiger partial charge in [0.1, 0.15) is 0 Å². The Bertz CT molecular complexity index is 871. The summed E-state index contributed by atoms with van der Waals surface area (Å²) in [7, 11) is 0. The molecule has 4 aliphatic rings. The molecule has 4 fully saturated rings. The van der Waals surface area contributed by atoms with Crippen molar-refractivity contribution >= 4 is 16.9 Å². The fraction of sp³-hybridized carbons (Fsp3) is 0.667. The summed E-state index contributed by atoms with van der Waals surface area (Å²) in [5.41, 5.74) is 1.84. The second-order valence-electron chi connectivity index (χ2n) is 9.54. The summed E-state index contributed by atoms with van der Waals surface area (Å²) < 4.78 is 13.1. The molecule has 1 aromatic heterocycles.